The number of nitriles is 1. The number of pyridine rings is 1. The number of aromatic nitrogens is 1. The lowest BCUT2D eigenvalue weighted by molar-refractivity contribution is 0.145. The van der Waals surface area contributed by atoms with Crippen molar-refractivity contribution in [3.63, 3.8) is 0 Å². The lowest BCUT2D eigenvalue weighted by atomic mass is 10.1. The average molecular weight is 283 g/mol. The van der Waals surface area contributed by atoms with Crippen molar-refractivity contribution in [2.75, 3.05) is 13.2 Å². The zero-order valence-corrected chi connectivity index (χ0v) is 12.2. The van der Waals surface area contributed by atoms with Crippen molar-refractivity contribution in [2.24, 2.45) is 0 Å². The molecule has 21 heavy (non-hydrogen) atoms. The van der Waals surface area contributed by atoms with Crippen molar-refractivity contribution in [3.8, 4) is 6.07 Å². The van der Waals surface area contributed by atoms with Gasteiger partial charge in [0.05, 0.1) is 17.7 Å². The third kappa shape index (κ3) is 2.80. The van der Waals surface area contributed by atoms with E-state index in [1.165, 1.54) is 25.7 Å². The second kappa shape index (κ2) is 6.30. The summed E-state index contributed by atoms with van der Waals surface area (Å²) in [4.78, 5) is 2.34. The molecule has 2 aromatic heterocycles. The SMILES string of the molecule is N#Cc1c(CN(CCO)C2CCCC2)cn2ccccc12. The highest BCUT2D eigenvalue weighted by molar-refractivity contribution is 5.65. The van der Waals surface area contributed by atoms with Gasteiger partial charge in [-0.05, 0) is 25.0 Å². The van der Waals surface area contributed by atoms with Crippen LogP contribution < -0.4 is 0 Å². The summed E-state index contributed by atoms with van der Waals surface area (Å²) >= 11 is 0. The Morgan fingerprint density at radius 1 is 1.33 bits per heavy atom. The van der Waals surface area contributed by atoms with Crippen molar-refractivity contribution < 1.29 is 5.11 Å². The van der Waals surface area contributed by atoms with Crippen LogP contribution in [0.1, 0.15) is 36.8 Å². The maximum absolute atomic E-state index is 9.48. The van der Waals surface area contributed by atoms with Crippen molar-refractivity contribution >= 4 is 5.52 Å². The normalized spacial score (nSPS) is 15.9. The summed E-state index contributed by atoms with van der Waals surface area (Å²) in [5.74, 6) is 0. The second-order valence-corrected chi connectivity index (χ2v) is 5.77. The van der Waals surface area contributed by atoms with Gasteiger partial charge in [-0.25, -0.2) is 0 Å². The van der Waals surface area contributed by atoms with Gasteiger partial charge in [0.25, 0.3) is 0 Å². The van der Waals surface area contributed by atoms with Crippen LogP contribution in [-0.2, 0) is 6.54 Å². The molecule has 0 aromatic carbocycles. The zero-order chi connectivity index (χ0) is 14.7. The van der Waals surface area contributed by atoms with Crippen LogP contribution in [0.5, 0.6) is 0 Å². The standard InChI is InChI=1S/C17H21N3O/c18-11-16-14(13-20-8-4-3-7-17(16)20)12-19(9-10-21)15-5-1-2-6-15/h3-4,7-8,13,15,21H,1-2,5-6,9-10,12H2. The third-order valence-corrected chi connectivity index (χ3v) is 4.48. The molecule has 1 N–H and O–H groups in total. The van der Waals surface area contributed by atoms with Gasteiger partial charge in [0.2, 0.25) is 0 Å². The third-order valence-electron chi connectivity index (χ3n) is 4.48. The van der Waals surface area contributed by atoms with E-state index in [1.807, 2.05) is 35.0 Å². The minimum atomic E-state index is 0.172. The summed E-state index contributed by atoms with van der Waals surface area (Å²) in [6, 6.07) is 8.81. The summed E-state index contributed by atoms with van der Waals surface area (Å²) in [5.41, 5.74) is 2.78. The molecule has 1 saturated carbocycles. The van der Waals surface area contributed by atoms with Crippen molar-refractivity contribution in [3.05, 3.63) is 41.7 Å². The Morgan fingerprint density at radius 2 is 2.14 bits per heavy atom. The van der Waals surface area contributed by atoms with Gasteiger partial charge in [0.15, 0.2) is 0 Å². The maximum atomic E-state index is 9.48. The average Bonchev–Trinajstić information content (AvgIpc) is 3.14. The van der Waals surface area contributed by atoms with E-state index in [0.29, 0.717) is 12.6 Å². The van der Waals surface area contributed by atoms with Gasteiger partial charge in [0, 0.05) is 37.1 Å². The molecule has 2 heterocycles. The predicted molar refractivity (Wildman–Crippen MR) is 81.9 cm³/mol. The Hall–Kier alpha value is -1.83. The number of hydrogen-bond acceptors (Lipinski definition) is 3. The quantitative estimate of drug-likeness (QED) is 0.917. The topological polar surface area (TPSA) is 51.7 Å². The Balaban J connectivity index is 1.90. The fourth-order valence-corrected chi connectivity index (χ4v) is 3.43. The van der Waals surface area contributed by atoms with E-state index in [1.54, 1.807) is 0 Å². The van der Waals surface area contributed by atoms with E-state index in [-0.39, 0.29) is 6.61 Å². The molecule has 0 unspecified atom stereocenters. The lowest BCUT2D eigenvalue weighted by Gasteiger charge is -2.27. The first kappa shape index (κ1) is 14.1. The first-order valence-electron chi connectivity index (χ1n) is 7.67. The molecular formula is C17H21N3O. The summed E-state index contributed by atoms with van der Waals surface area (Å²) in [5, 5.41) is 18.8. The molecule has 0 amide bonds. The van der Waals surface area contributed by atoms with Crippen LogP contribution in [-0.4, -0.2) is 33.6 Å². The van der Waals surface area contributed by atoms with E-state index >= 15 is 0 Å². The smallest absolute Gasteiger partial charge is 0.102 e. The highest BCUT2D eigenvalue weighted by Crippen LogP contribution is 2.26. The fourth-order valence-electron chi connectivity index (χ4n) is 3.43. The van der Waals surface area contributed by atoms with Crippen LogP contribution in [0.4, 0.5) is 0 Å². The number of aliphatic hydroxyl groups is 1. The number of hydrogen-bond donors (Lipinski definition) is 1. The van der Waals surface area contributed by atoms with Gasteiger partial charge in [-0.1, -0.05) is 18.9 Å². The predicted octanol–water partition coefficient (Wildman–Crippen LogP) is 2.55. The minimum Gasteiger partial charge on any atom is -0.395 e. The van der Waals surface area contributed by atoms with Crippen molar-refractivity contribution in [2.45, 2.75) is 38.3 Å². The van der Waals surface area contributed by atoms with Crippen LogP contribution in [0.2, 0.25) is 0 Å². The summed E-state index contributed by atoms with van der Waals surface area (Å²) in [6.07, 6.45) is 8.98. The molecule has 0 spiro atoms. The Kier molecular flexibility index (Phi) is 4.23. The largest absolute Gasteiger partial charge is 0.395 e. The molecule has 1 aliphatic carbocycles. The Bertz CT molecular complexity index is 650. The summed E-state index contributed by atoms with van der Waals surface area (Å²) in [7, 11) is 0. The van der Waals surface area contributed by atoms with Gasteiger partial charge in [-0.3, -0.25) is 4.90 Å². The van der Waals surface area contributed by atoms with E-state index in [2.05, 4.69) is 11.0 Å². The molecule has 0 saturated heterocycles. The molecule has 4 nitrogen and oxygen atoms in total. The van der Waals surface area contributed by atoms with E-state index in [0.717, 1.165) is 23.2 Å². The minimum absolute atomic E-state index is 0.172. The van der Waals surface area contributed by atoms with Crippen LogP contribution in [0, 0.1) is 11.3 Å². The molecule has 0 bridgehead atoms. The number of fused-ring (bicyclic) bond motifs is 1. The van der Waals surface area contributed by atoms with E-state index in [4.69, 9.17) is 0 Å². The maximum Gasteiger partial charge on any atom is 0.102 e. The highest BCUT2D eigenvalue weighted by Gasteiger charge is 2.23. The van der Waals surface area contributed by atoms with Crippen molar-refractivity contribution in [1.82, 2.24) is 9.30 Å². The number of aliphatic hydroxyl groups excluding tert-OH is 1. The molecule has 0 atom stereocenters. The molecule has 4 heteroatoms. The molecule has 1 fully saturated rings. The second-order valence-electron chi connectivity index (χ2n) is 5.77. The molecule has 2 aromatic rings. The van der Waals surface area contributed by atoms with Gasteiger partial charge in [-0.2, -0.15) is 5.26 Å². The van der Waals surface area contributed by atoms with E-state index in [9.17, 15) is 10.4 Å². The van der Waals surface area contributed by atoms with Crippen molar-refractivity contribution in [1.29, 1.82) is 5.26 Å². The Labute approximate surface area is 125 Å². The molecule has 3 rings (SSSR count). The fraction of sp³-hybridized carbons (Fsp3) is 0.471. The van der Waals surface area contributed by atoms with Crippen LogP contribution in [0.25, 0.3) is 5.52 Å². The van der Waals surface area contributed by atoms with Gasteiger partial charge < -0.3 is 9.51 Å². The monoisotopic (exact) mass is 283 g/mol. The van der Waals surface area contributed by atoms with Gasteiger partial charge in [-0.15, -0.1) is 0 Å². The molecule has 0 radical (unpaired) electrons. The van der Waals surface area contributed by atoms with Crippen LogP contribution in [0.15, 0.2) is 30.6 Å². The molecule has 1 aliphatic rings. The molecular weight excluding hydrogens is 262 g/mol. The zero-order valence-electron chi connectivity index (χ0n) is 12.2. The molecule has 0 aliphatic heterocycles. The van der Waals surface area contributed by atoms with Gasteiger partial charge in [0.1, 0.15) is 6.07 Å². The van der Waals surface area contributed by atoms with E-state index < -0.39 is 0 Å². The number of rotatable bonds is 5. The first-order chi connectivity index (χ1) is 10.3. The molecule has 110 valence electrons. The lowest BCUT2D eigenvalue weighted by Crippen LogP contribution is -2.35. The Morgan fingerprint density at radius 3 is 2.86 bits per heavy atom. The van der Waals surface area contributed by atoms with Crippen LogP contribution in [0.3, 0.4) is 0 Å². The van der Waals surface area contributed by atoms with Gasteiger partial charge >= 0.3 is 0 Å². The summed E-state index contributed by atoms with van der Waals surface area (Å²) < 4.78 is 2.01. The highest BCUT2D eigenvalue weighted by atomic mass is 16.3. The first-order valence-corrected chi connectivity index (χ1v) is 7.67. The summed E-state index contributed by atoms with van der Waals surface area (Å²) in [6.45, 7) is 1.60. The van der Waals surface area contributed by atoms with Crippen LogP contribution >= 0.6 is 0 Å². The number of nitrogens with zero attached hydrogens (tertiary/aromatic N) is 3.